The van der Waals surface area contributed by atoms with Gasteiger partial charge in [-0.05, 0) is 24.0 Å². The van der Waals surface area contributed by atoms with Crippen LogP contribution in [0, 0.1) is 0 Å². The molecule has 1 aromatic carbocycles. The van der Waals surface area contributed by atoms with Crippen molar-refractivity contribution in [2.24, 2.45) is 0 Å². The maximum absolute atomic E-state index is 2.42. The van der Waals surface area contributed by atoms with E-state index < -0.39 is 8.07 Å². The van der Waals surface area contributed by atoms with Crippen molar-refractivity contribution in [2.45, 2.75) is 46.3 Å². The van der Waals surface area contributed by atoms with Crippen LogP contribution in [0.15, 0.2) is 18.2 Å². The highest BCUT2D eigenvalue weighted by molar-refractivity contribution is 6.88. The van der Waals surface area contributed by atoms with Crippen molar-refractivity contribution < 1.29 is 0 Å². The lowest BCUT2D eigenvalue weighted by atomic mass is 10.1. The molecule has 0 fully saturated rings. The minimum Gasteiger partial charge on any atom is -0.0656 e. The molecule has 0 atom stereocenters. The zero-order chi connectivity index (χ0) is 10.8. The monoisotopic (exact) mass is 206 g/mol. The van der Waals surface area contributed by atoms with Gasteiger partial charge in [0.15, 0.2) is 0 Å². The molecule has 0 aliphatic heterocycles. The second-order valence-corrected chi connectivity index (χ2v) is 10.1. The van der Waals surface area contributed by atoms with Crippen molar-refractivity contribution in [3.63, 3.8) is 0 Å². The largest absolute Gasteiger partial charge is 0.0776 e. The molecule has 1 heteroatoms. The first-order chi connectivity index (χ1) is 6.47. The molecule has 0 aliphatic carbocycles. The normalized spacial score (nSPS) is 11.8. The van der Waals surface area contributed by atoms with E-state index in [-0.39, 0.29) is 0 Å². The highest BCUT2D eigenvalue weighted by atomic mass is 28.3. The van der Waals surface area contributed by atoms with Crippen LogP contribution in [-0.4, -0.2) is 8.07 Å². The first kappa shape index (κ1) is 11.5. The Morgan fingerprint density at radius 2 is 1.29 bits per heavy atom. The Balaban J connectivity index is 3.17. The summed E-state index contributed by atoms with van der Waals surface area (Å²) in [6.07, 6.45) is 2.32. The molecule has 1 rings (SSSR count). The minimum atomic E-state index is -1.13. The summed E-state index contributed by atoms with van der Waals surface area (Å²) in [5, 5.41) is 1.61. The summed E-state index contributed by atoms with van der Waals surface area (Å²) in [7, 11) is -1.13. The van der Waals surface area contributed by atoms with E-state index in [1.807, 2.05) is 0 Å². The van der Waals surface area contributed by atoms with Gasteiger partial charge in [-0.3, -0.25) is 0 Å². The van der Waals surface area contributed by atoms with E-state index in [4.69, 9.17) is 0 Å². The topological polar surface area (TPSA) is 0 Å². The lowest BCUT2D eigenvalue weighted by Gasteiger charge is -2.19. The number of aryl methyl sites for hydroxylation is 2. The first-order valence-corrected chi connectivity index (χ1v) is 9.10. The van der Waals surface area contributed by atoms with Crippen LogP contribution in [0.3, 0.4) is 0 Å². The van der Waals surface area contributed by atoms with E-state index >= 15 is 0 Å². The van der Waals surface area contributed by atoms with E-state index in [2.05, 4.69) is 51.7 Å². The fourth-order valence-corrected chi connectivity index (χ4v) is 2.84. The Kier molecular flexibility index (Phi) is 3.54. The van der Waals surface area contributed by atoms with Gasteiger partial charge in [0.25, 0.3) is 0 Å². The molecular formula is C13H22Si. The molecule has 0 amide bonds. The molecule has 0 radical (unpaired) electrons. The first-order valence-electron chi connectivity index (χ1n) is 5.60. The van der Waals surface area contributed by atoms with Crippen LogP contribution in [0.25, 0.3) is 0 Å². The molecule has 0 N–H and O–H groups in total. The van der Waals surface area contributed by atoms with Gasteiger partial charge >= 0.3 is 0 Å². The third-order valence-corrected chi connectivity index (χ3v) is 4.76. The predicted octanol–water partition coefficient (Wildman–Crippen LogP) is 3.36. The van der Waals surface area contributed by atoms with E-state index in [1.165, 1.54) is 11.1 Å². The Labute approximate surface area is 89.4 Å². The van der Waals surface area contributed by atoms with Crippen molar-refractivity contribution in [1.29, 1.82) is 0 Å². The Hall–Kier alpha value is -0.563. The highest BCUT2D eigenvalue weighted by Crippen LogP contribution is 2.10. The molecule has 0 saturated carbocycles. The van der Waals surface area contributed by atoms with Crippen molar-refractivity contribution in [3.05, 3.63) is 29.3 Å². The van der Waals surface area contributed by atoms with Gasteiger partial charge in [0.05, 0.1) is 8.07 Å². The van der Waals surface area contributed by atoms with E-state index in [0.29, 0.717) is 0 Å². The van der Waals surface area contributed by atoms with Gasteiger partial charge in [-0.25, -0.2) is 0 Å². The fourth-order valence-electron chi connectivity index (χ4n) is 1.60. The number of benzene rings is 1. The minimum absolute atomic E-state index is 1.13. The maximum Gasteiger partial charge on any atom is 0.0776 e. The lowest BCUT2D eigenvalue weighted by Crippen LogP contribution is -2.38. The summed E-state index contributed by atoms with van der Waals surface area (Å²) in [5.41, 5.74) is 3.00. The molecule has 14 heavy (non-hydrogen) atoms. The Bertz CT molecular complexity index is 285. The quantitative estimate of drug-likeness (QED) is 0.665. The van der Waals surface area contributed by atoms with Gasteiger partial charge in [-0.2, -0.15) is 0 Å². The molecule has 0 spiro atoms. The molecule has 0 unspecified atom stereocenters. The average molecular weight is 206 g/mol. The number of rotatable bonds is 3. The second-order valence-electron chi connectivity index (χ2n) is 5.00. The molecule has 0 bridgehead atoms. The average Bonchev–Trinajstić information content (AvgIpc) is 2.15. The van der Waals surface area contributed by atoms with Gasteiger partial charge in [-0.1, -0.05) is 56.9 Å². The van der Waals surface area contributed by atoms with Crippen molar-refractivity contribution in [1.82, 2.24) is 0 Å². The van der Waals surface area contributed by atoms with Crippen LogP contribution in [-0.2, 0) is 12.8 Å². The third-order valence-electron chi connectivity index (χ3n) is 2.74. The summed E-state index contributed by atoms with van der Waals surface area (Å²) in [6, 6.07) is 7.17. The van der Waals surface area contributed by atoms with Crippen molar-refractivity contribution in [3.8, 4) is 0 Å². The van der Waals surface area contributed by atoms with Gasteiger partial charge in [0.1, 0.15) is 0 Å². The number of hydrogen-bond donors (Lipinski definition) is 0. The lowest BCUT2D eigenvalue weighted by molar-refractivity contribution is 1.09. The Morgan fingerprint density at radius 3 is 1.57 bits per heavy atom. The van der Waals surface area contributed by atoms with Crippen LogP contribution in [0.1, 0.15) is 25.0 Å². The molecule has 0 aromatic heterocycles. The van der Waals surface area contributed by atoms with Crippen molar-refractivity contribution in [2.75, 3.05) is 0 Å². The molecule has 78 valence electrons. The summed E-state index contributed by atoms with van der Waals surface area (Å²) >= 11 is 0. The third kappa shape index (κ3) is 2.71. The van der Waals surface area contributed by atoms with E-state index in [1.54, 1.807) is 5.19 Å². The van der Waals surface area contributed by atoms with Gasteiger partial charge in [0, 0.05) is 0 Å². The zero-order valence-corrected chi connectivity index (χ0v) is 11.1. The van der Waals surface area contributed by atoms with Gasteiger partial charge in [0.2, 0.25) is 0 Å². The Morgan fingerprint density at radius 1 is 0.857 bits per heavy atom. The summed E-state index contributed by atoms with van der Waals surface area (Å²) in [5.74, 6) is 0. The highest BCUT2D eigenvalue weighted by Gasteiger charge is 2.16. The van der Waals surface area contributed by atoms with Crippen LogP contribution >= 0.6 is 0 Å². The smallest absolute Gasteiger partial charge is 0.0656 e. The molecule has 0 aliphatic rings. The molecule has 0 saturated heterocycles. The summed E-state index contributed by atoms with van der Waals surface area (Å²) in [6.45, 7) is 11.7. The van der Waals surface area contributed by atoms with Crippen LogP contribution in [0.4, 0.5) is 0 Å². The second kappa shape index (κ2) is 4.31. The van der Waals surface area contributed by atoms with Gasteiger partial charge < -0.3 is 0 Å². The summed E-state index contributed by atoms with van der Waals surface area (Å²) < 4.78 is 0. The molecular weight excluding hydrogens is 184 g/mol. The van der Waals surface area contributed by atoms with Gasteiger partial charge in [-0.15, -0.1) is 0 Å². The van der Waals surface area contributed by atoms with Crippen LogP contribution in [0.5, 0.6) is 0 Å². The zero-order valence-electron chi connectivity index (χ0n) is 10.1. The summed E-state index contributed by atoms with van der Waals surface area (Å²) in [4.78, 5) is 0. The maximum atomic E-state index is 2.42. The van der Waals surface area contributed by atoms with E-state index in [0.717, 1.165) is 12.8 Å². The molecule has 0 heterocycles. The number of hydrogen-bond acceptors (Lipinski definition) is 0. The van der Waals surface area contributed by atoms with Crippen molar-refractivity contribution >= 4 is 13.3 Å². The fraction of sp³-hybridized carbons (Fsp3) is 0.538. The molecule has 0 nitrogen and oxygen atoms in total. The van der Waals surface area contributed by atoms with E-state index in [9.17, 15) is 0 Å². The standard InChI is InChI=1S/C13H22Si/c1-6-11-8-12(7-2)10-13(9-11)14(3,4)5/h8-10H,6-7H2,1-5H3. The SMILES string of the molecule is CCc1cc(CC)cc([Si](C)(C)C)c1. The molecule has 1 aromatic rings. The van der Waals surface area contributed by atoms with Crippen LogP contribution in [0.2, 0.25) is 19.6 Å². The predicted molar refractivity (Wildman–Crippen MR) is 68.2 cm³/mol. The van der Waals surface area contributed by atoms with Crippen LogP contribution < -0.4 is 5.19 Å².